The lowest BCUT2D eigenvalue weighted by molar-refractivity contribution is 0.355. The van der Waals surface area contributed by atoms with Crippen molar-refractivity contribution >= 4 is 28.7 Å². The van der Waals surface area contributed by atoms with Gasteiger partial charge in [0.2, 0.25) is 0 Å². The molecule has 3 N–H and O–H groups in total. The van der Waals surface area contributed by atoms with Crippen molar-refractivity contribution in [3.63, 3.8) is 0 Å². The van der Waals surface area contributed by atoms with E-state index in [2.05, 4.69) is 16.2 Å². The third kappa shape index (κ3) is 5.03. The van der Waals surface area contributed by atoms with E-state index in [4.69, 9.17) is 26.4 Å². The monoisotopic (exact) mass is 373 g/mol. The molecular weight excluding hydrogens is 350 g/mol. The Bertz CT molecular complexity index is 793. The first-order chi connectivity index (χ1) is 12.6. The van der Waals surface area contributed by atoms with Crippen LogP contribution in [0, 0.1) is 0 Å². The van der Waals surface area contributed by atoms with Gasteiger partial charge in [-0.25, -0.2) is 0 Å². The van der Waals surface area contributed by atoms with Crippen LogP contribution in [0.3, 0.4) is 0 Å². The average molecular weight is 373 g/mol. The van der Waals surface area contributed by atoms with Crippen molar-refractivity contribution in [3.05, 3.63) is 54.1 Å². The van der Waals surface area contributed by atoms with Crippen LogP contribution in [0.4, 0.5) is 5.69 Å². The fourth-order valence-corrected chi connectivity index (χ4v) is 2.47. The molecule has 0 fully saturated rings. The van der Waals surface area contributed by atoms with E-state index in [9.17, 15) is 0 Å². The van der Waals surface area contributed by atoms with E-state index in [-0.39, 0.29) is 0 Å². The molecule has 2 rings (SSSR count). The number of allylic oxidation sites excluding steroid dienone is 1. The van der Waals surface area contributed by atoms with E-state index in [0.717, 1.165) is 22.7 Å². The maximum atomic E-state index is 5.35. The van der Waals surface area contributed by atoms with Gasteiger partial charge < -0.3 is 19.5 Å². The molecule has 0 bridgehead atoms. The minimum atomic E-state index is 0.429. The second-order valence-electron chi connectivity index (χ2n) is 5.21. The maximum Gasteiger partial charge on any atom is 0.189 e. The quantitative estimate of drug-likeness (QED) is 0.507. The summed E-state index contributed by atoms with van der Waals surface area (Å²) >= 11 is 5.32. The average Bonchev–Trinajstić information content (AvgIpc) is 2.68. The van der Waals surface area contributed by atoms with Crippen LogP contribution in [0.1, 0.15) is 12.5 Å². The zero-order valence-corrected chi connectivity index (χ0v) is 16.1. The van der Waals surface area contributed by atoms with Crippen LogP contribution in [0.25, 0.3) is 5.70 Å². The number of rotatable bonds is 7. The summed E-state index contributed by atoms with van der Waals surface area (Å²) in [7, 11) is 4.84. The third-order valence-electron chi connectivity index (χ3n) is 3.62. The summed E-state index contributed by atoms with van der Waals surface area (Å²) in [5.74, 6) is 2.09. The normalized spacial score (nSPS) is 10.7. The molecule has 0 aliphatic carbocycles. The molecule has 0 unspecified atom stereocenters. The van der Waals surface area contributed by atoms with Gasteiger partial charge in [-0.3, -0.25) is 10.9 Å². The Balaban J connectivity index is 2.01. The molecule has 0 saturated heterocycles. The Morgan fingerprint density at radius 3 is 2.35 bits per heavy atom. The highest BCUT2D eigenvalue weighted by Gasteiger charge is 2.08. The summed E-state index contributed by atoms with van der Waals surface area (Å²) in [6, 6.07) is 13.2. The maximum absolute atomic E-state index is 5.35. The number of hydrazine groups is 1. The van der Waals surface area contributed by atoms with Gasteiger partial charge in [0.15, 0.2) is 16.6 Å². The molecule has 0 radical (unpaired) electrons. The molecule has 0 saturated carbocycles. The Kier molecular flexibility index (Phi) is 7.11. The van der Waals surface area contributed by atoms with Crippen LogP contribution in [0.15, 0.2) is 48.5 Å². The van der Waals surface area contributed by atoms with Crippen LogP contribution in [-0.4, -0.2) is 26.4 Å². The number of anilines is 1. The fourth-order valence-electron chi connectivity index (χ4n) is 2.30. The lowest BCUT2D eigenvalue weighted by Gasteiger charge is -2.16. The minimum absolute atomic E-state index is 0.429. The van der Waals surface area contributed by atoms with Crippen LogP contribution in [-0.2, 0) is 0 Å². The Morgan fingerprint density at radius 2 is 1.69 bits per heavy atom. The molecule has 0 aliphatic rings. The molecule has 6 nitrogen and oxygen atoms in total. The number of thiocarbonyl (C=S) groups is 1. The summed E-state index contributed by atoms with van der Waals surface area (Å²) < 4.78 is 15.8. The summed E-state index contributed by atoms with van der Waals surface area (Å²) in [5.41, 5.74) is 8.69. The van der Waals surface area contributed by atoms with E-state index in [1.807, 2.05) is 55.5 Å². The third-order valence-corrected chi connectivity index (χ3v) is 3.83. The number of ether oxygens (including phenoxy) is 3. The number of hydrogen-bond donors (Lipinski definition) is 3. The van der Waals surface area contributed by atoms with E-state index in [1.54, 1.807) is 21.3 Å². The highest BCUT2D eigenvalue weighted by molar-refractivity contribution is 7.80. The van der Waals surface area contributed by atoms with Crippen molar-refractivity contribution in [1.82, 2.24) is 10.9 Å². The number of hydrogen-bond acceptors (Lipinski definition) is 5. The molecular formula is C19H23N3O3S. The standard InChI is InChI=1S/C19H23N3O3S/c1-5-16(13-9-10-17(24-3)18(11-13)25-4)21-22-19(26)20-14-7-6-8-15(12-14)23-2/h5-12,21H,1-4H3,(H2,20,22,26)/b16-5-. The molecule has 7 heteroatoms. The Labute approximate surface area is 159 Å². The fraction of sp³-hybridized carbons (Fsp3) is 0.211. The topological polar surface area (TPSA) is 63.8 Å². The SMILES string of the molecule is C/C=C(\NNC(=S)Nc1cccc(OC)c1)c1ccc(OC)c(OC)c1. The van der Waals surface area contributed by atoms with Crippen molar-refractivity contribution in [2.75, 3.05) is 26.6 Å². The van der Waals surface area contributed by atoms with Crippen LogP contribution in [0.5, 0.6) is 17.2 Å². The van der Waals surface area contributed by atoms with E-state index >= 15 is 0 Å². The molecule has 2 aromatic rings. The Morgan fingerprint density at radius 1 is 0.923 bits per heavy atom. The number of benzene rings is 2. The number of methoxy groups -OCH3 is 3. The largest absolute Gasteiger partial charge is 0.497 e. The van der Waals surface area contributed by atoms with Crippen molar-refractivity contribution in [2.24, 2.45) is 0 Å². The number of nitrogens with one attached hydrogen (secondary N) is 3. The van der Waals surface area contributed by atoms with Crippen molar-refractivity contribution in [2.45, 2.75) is 6.92 Å². The summed E-state index contributed by atoms with van der Waals surface area (Å²) in [6.07, 6.45) is 1.93. The van der Waals surface area contributed by atoms with Gasteiger partial charge in [0.25, 0.3) is 0 Å². The molecule has 138 valence electrons. The van der Waals surface area contributed by atoms with E-state index < -0.39 is 0 Å². The van der Waals surface area contributed by atoms with E-state index in [0.29, 0.717) is 16.6 Å². The van der Waals surface area contributed by atoms with Crippen LogP contribution in [0.2, 0.25) is 0 Å². The van der Waals surface area contributed by atoms with E-state index in [1.165, 1.54) is 0 Å². The summed E-state index contributed by atoms with van der Waals surface area (Å²) in [5, 5.41) is 3.52. The lowest BCUT2D eigenvalue weighted by atomic mass is 10.1. The van der Waals surface area contributed by atoms with Gasteiger partial charge >= 0.3 is 0 Å². The van der Waals surface area contributed by atoms with Gasteiger partial charge in [-0.1, -0.05) is 12.1 Å². The van der Waals surface area contributed by atoms with Crippen molar-refractivity contribution in [1.29, 1.82) is 0 Å². The molecule has 0 aliphatic heterocycles. The second kappa shape index (κ2) is 9.53. The van der Waals surface area contributed by atoms with Gasteiger partial charge in [0, 0.05) is 17.3 Å². The highest BCUT2D eigenvalue weighted by atomic mass is 32.1. The Hall–Kier alpha value is -2.93. The summed E-state index contributed by atoms with van der Waals surface area (Å²) in [6.45, 7) is 1.93. The second-order valence-corrected chi connectivity index (χ2v) is 5.62. The first kappa shape index (κ1) is 19.4. The lowest BCUT2D eigenvalue weighted by Crippen LogP contribution is -2.39. The van der Waals surface area contributed by atoms with Gasteiger partial charge in [-0.2, -0.15) is 0 Å². The van der Waals surface area contributed by atoms with Gasteiger partial charge in [0.1, 0.15) is 5.75 Å². The molecule has 2 aromatic carbocycles. The van der Waals surface area contributed by atoms with Crippen molar-refractivity contribution < 1.29 is 14.2 Å². The molecule has 0 spiro atoms. The molecule has 0 atom stereocenters. The summed E-state index contributed by atoms with van der Waals surface area (Å²) in [4.78, 5) is 0. The minimum Gasteiger partial charge on any atom is -0.497 e. The first-order valence-corrected chi connectivity index (χ1v) is 8.37. The predicted octanol–water partition coefficient (Wildman–Crippen LogP) is 3.56. The van der Waals surface area contributed by atoms with Gasteiger partial charge in [0.05, 0.1) is 27.0 Å². The zero-order chi connectivity index (χ0) is 18.9. The predicted molar refractivity (Wildman–Crippen MR) is 109 cm³/mol. The molecule has 0 heterocycles. The van der Waals surface area contributed by atoms with Gasteiger partial charge in [-0.05, 0) is 49.5 Å². The van der Waals surface area contributed by atoms with Crippen LogP contribution < -0.4 is 30.4 Å². The zero-order valence-electron chi connectivity index (χ0n) is 15.3. The first-order valence-electron chi connectivity index (χ1n) is 7.97. The highest BCUT2D eigenvalue weighted by Crippen LogP contribution is 2.29. The smallest absolute Gasteiger partial charge is 0.189 e. The van der Waals surface area contributed by atoms with Crippen LogP contribution >= 0.6 is 12.2 Å². The van der Waals surface area contributed by atoms with Gasteiger partial charge in [-0.15, -0.1) is 0 Å². The molecule has 0 aromatic heterocycles. The molecule has 26 heavy (non-hydrogen) atoms. The van der Waals surface area contributed by atoms with Crippen molar-refractivity contribution in [3.8, 4) is 17.2 Å². The molecule has 0 amide bonds.